The minimum Gasteiger partial charge on any atom is -0.357 e. The van der Waals surface area contributed by atoms with Crippen molar-refractivity contribution in [3.63, 3.8) is 0 Å². The van der Waals surface area contributed by atoms with E-state index < -0.39 is 28.5 Å². The second-order valence-electron chi connectivity index (χ2n) is 9.78. The molecule has 0 aliphatic rings. The zero-order valence-corrected chi connectivity index (χ0v) is 26.4. The molecule has 7 nitrogen and oxygen atoms in total. The van der Waals surface area contributed by atoms with Crippen LogP contribution in [0.25, 0.3) is 0 Å². The van der Waals surface area contributed by atoms with E-state index >= 15 is 0 Å². The predicted octanol–water partition coefficient (Wildman–Crippen LogP) is 5.99. The third-order valence-corrected chi connectivity index (χ3v) is 9.26. The summed E-state index contributed by atoms with van der Waals surface area (Å²) in [7, 11) is -2.65. The van der Waals surface area contributed by atoms with Crippen molar-refractivity contribution >= 4 is 55.1 Å². The second kappa shape index (κ2) is 14.0. The number of nitrogens with zero attached hydrogens (tertiary/aromatic N) is 2. The van der Waals surface area contributed by atoms with Gasteiger partial charge in [-0.25, -0.2) is 8.42 Å². The van der Waals surface area contributed by atoms with Crippen LogP contribution < -0.4 is 9.62 Å². The lowest BCUT2D eigenvalue weighted by molar-refractivity contribution is -0.139. The van der Waals surface area contributed by atoms with E-state index in [4.69, 9.17) is 11.6 Å². The molecular weight excluding hydrogens is 638 g/mol. The number of rotatable bonds is 11. The number of anilines is 1. The van der Waals surface area contributed by atoms with Gasteiger partial charge in [-0.15, -0.1) is 0 Å². The Hall–Kier alpha value is -3.66. The van der Waals surface area contributed by atoms with E-state index in [0.717, 1.165) is 15.4 Å². The van der Waals surface area contributed by atoms with Crippen LogP contribution in [0.3, 0.4) is 0 Å². The molecule has 42 heavy (non-hydrogen) atoms. The van der Waals surface area contributed by atoms with Crippen molar-refractivity contribution in [1.29, 1.82) is 0 Å². The molecule has 0 radical (unpaired) electrons. The number of sulfonamides is 1. The van der Waals surface area contributed by atoms with Gasteiger partial charge in [0.05, 0.1) is 10.6 Å². The summed E-state index contributed by atoms with van der Waals surface area (Å²) in [6.07, 6.45) is 0.231. The van der Waals surface area contributed by atoms with Gasteiger partial charge in [0.25, 0.3) is 10.0 Å². The number of hydrogen-bond donors (Lipinski definition) is 1. The number of hydrogen-bond acceptors (Lipinski definition) is 4. The number of aryl methyl sites for hydroxylation is 1. The lowest BCUT2D eigenvalue weighted by Gasteiger charge is -2.33. The molecule has 1 N–H and O–H groups in total. The quantitative estimate of drug-likeness (QED) is 0.213. The normalized spacial score (nSPS) is 11.9. The summed E-state index contributed by atoms with van der Waals surface area (Å²) >= 11 is 9.67. The summed E-state index contributed by atoms with van der Waals surface area (Å²) < 4.78 is 29.8. The molecular formula is C32H31BrClN3O4S. The van der Waals surface area contributed by atoms with Gasteiger partial charge in [-0.2, -0.15) is 0 Å². The highest BCUT2D eigenvalue weighted by atomic mass is 79.9. The Bertz CT molecular complexity index is 1650. The van der Waals surface area contributed by atoms with Crippen LogP contribution in [0, 0.1) is 6.92 Å². The van der Waals surface area contributed by atoms with Crippen LogP contribution >= 0.6 is 27.5 Å². The highest BCUT2D eigenvalue weighted by Gasteiger charge is 2.34. The van der Waals surface area contributed by atoms with Crippen molar-refractivity contribution in [3.05, 3.63) is 129 Å². The van der Waals surface area contributed by atoms with Crippen LogP contribution in [0.2, 0.25) is 5.02 Å². The SMILES string of the molecule is CNC(=O)[C@H](Cc1ccccc1)N(Cc1cccc(Cl)c1)C(=O)CN(c1cccc(Br)c1)S(=O)(=O)c1ccc(C)cc1. The molecule has 218 valence electrons. The minimum atomic E-state index is -4.16. The average Bonchev–Trinajstić information content (AvgIpc) is 2.98. The van der Waals surface area contributed by atoms with Gasteiger partial charge >= 0.3 is 0 Å². The summed E-state index contributed by atoms with van der Waals surface area (Å²) in [6.45, 7) is 1.38. The van der Waals surface area contributed by atoms with Crippen molar-refractivity contribution in [2.24, 2.45) is 0 Å². The highest BCUT2D eigenvalue weighted by molar-refractivity contribution is 9.10. The molecule has 0 unspecified atom stereocenters. The summed E-state index contributed by atoms with van der Waals surface area (Å²) in [5.74, 6) is -0.917. The van der Waals surface area contributed by atoms with Crippen molar-refractivity contribution in [3.8, 4) is 0 Å². The van der Waals surface area contributed by atoms with Crippen LogP contribution in [0.1, 0.15) is 16.7 Å². The van der Waals surface area contributed by atoms with E-state index in [1.54, 1.807) is 54.6 Å². The Morgan fingerprint density at radius 2 is 1.55 bits per heavy atom. The maximum Gasteiger partial charge on any atom is 0.264 e. The fourth-order valence-electron chi connectivity index (χ4n) is 4.55. The molecule has 10 heteroatoms. The summed E-state index contributed by atoms with van der Waals surface area (Å²) in [5.41, 5.74) is 2.76. The molecule has 1 atom stereocenters. The molecule has 0 aliphatic carbocycles. The number of carbonyl (C=O) groups excluding carboxylic acids is 2. The molecule has 0 aromatic heterocycles. The number of halogens is 2. The van der Waals surface area contributed by atoms with E-state index in [9.17, 15) is 18.0 Å². The number of amides is 2. The molecule has 0 bridgehead atoms. The first kappa shape index (κ1) is 31.3. The van der Waals surface area contributed by atoms with Gasteiger partial charge < -0.3 is 10.2 Å². The Morgan fingerprint density at radius 3 is 2.19 bits per heavy atom. The van der Waals surface area contributed by atoms with Crippen LogP contribution in [-0.2, 0) is 32.6 Å². The second-order valence-corrected chi connectivity index (χ2v) is 13.0. The maximum absolute atomic E-state index is 14.3. The number of likely N-dealkylation sites (N-methyl/N-ethyl adjacent to an activating group) is 1. The van der Waals surface area contributed by atoms with Crippen molar-refractivity contribution in [2.45, 2.75) is 30.8 Å². The van der Waals surface area contributed by atoms with Gasteiger partial charge in [-0.3, -0.25) is 13.9 Å². The van der Waals surface area contributed by atoms with E-state index in [1.165, 1.54) is 24.1 Å². The fraction of sp³-hybridized carbons (Fsp3) is 0.188. The van der Waals surface area contributed by atoms with Crippen molar-refractivity contribution in [2.75, 3.05) is 17.9 Å². The molecule has 0 saturated carbocycles. The Morgan fingerprint density at radius 1 is 0.881 bits per heavy atom. The highest BCUT2D eigenvalue weighted by Crippen LogP contribution is 2.27. The first-order valence-corrected chi connectivity index (χ1v) is 15.8. The lowest BCUT2D eigenvalue weighted by Crippen LogP contribution is -2.53. The topological polar surface area (TPSA) is 86.8 Å². The third kappa shape index (κ3) is 7.79. The maximum atomic E-state index is 14.3. The summed E-state index contributed by atoms with van der Waals surface area (Å²) in [4.78, 5) is 29.1. The van der Waals surface area contributed by atoms with Gasteiger partial charge in [-0.05, 0) is 60.5 Å². The van der Waals surface area contributed by atoms with E-state index in [1.807, 2.05) is 43.3 Å². The summed E-state index contributed by atoms with van der Waals surface area (Å²) in [5, 5.41) is 3.16. The van der Waals surface area contributed by atoms with E-state index in [-0.39, 0.29) is 23.8 Å². The molecule has 0 aliphatic heterocycles. The zero-order chi connectivity index (χ0) is 30.3. The first-order valence-electron chi connectivity index (χ1n) is 13.2. The van der Waals surface area contributed by atoms with Crippen LogP contribution in [0.4, 0.5) is 5.69 Å². The van der Waals surface area contributed by atoms with Crippen molar-refractivity contribution < 1.29 is 18.0 Å². The Labute approximate surface area is 260 Å². The van der Waals surface area contributed by atoms with E-state index in [0.29, 0.717) is 20.7 Å². The van der Waals surface area contributed by atoms with Crippen LogP contribution in [-0.4, -0.2) is 44.8 Å². The molecule has 0 spiro atoms. The third-order valence-electron chi connectivity index (χ3n) is 6.74. The molecule has 4 rings (SSSR count). The van der Waals surface area contributed by atoms with Crippen molar-refractivity contribution in [1.82, 2.24) is 10.2 Å². The van der Waals surface area contributed by atoms with Crippen LogP contribution in [0.15, 0.2) is 112 Å². The lowest BCUT2D eigenvalue weighted by atomic mass is 10.0. The smallest absolute Gasteiger partial charge is 0.264 e. The largest absolute Gasteiger partial charge is 0.357 e. The van der Waals surface area contributed by atoms with Gasteiger partial charge in [0.15, 0.2) is 0 Å². The van der Waals surface area contributed by atoms with Gasteiger partial charge in [0, 0.05) is 29.5 Å². The number of benzene rings is 4. The Balaban J connectivity index is 1.79. The van der Waals surface area contributed by atoms with Crippen LogP contribution in [0.5, 0.6) is 0 Å². The average molecular weight is 669 g/mol. The summed E-state index contributed by atoms with van der Waals surface area (Å²) in [6, 6.07) is 28.7. The molecule has 0 fully saturated rings. The number of carbonyl (C=O) groups is 2. The zero-order valence-electron chi connectivity index (χ0n) is 23.2. The van der Waals surface area contributed by atoms with Gasteiger partial charge in [0.1, 0.15) is 12.6 Å². The molecule has 4 aromatic rings. The van der Waals surface area contributed by atoms with E-state index in [2.05, 4.69) is 21.2 Å². The standard InChI is InChI=1S/C32H31BrClN3O4S/c1-23-14-16-29(17-15-23)42(40,41)37(28-13-7-11-26(33)20-28)22-31(38)36(21-25-10-6-12-27(34)18-25)30(32(39)35-2)19-24-8-4-3-5-9-24/h3-18,20,30H,19,21-22H2,1-2H3,(H,35,39)/t30-/m0/s1. The monoisotopic (exact) mass is 667 g/mol. The molecule has 0 heterocycles. The van der Waals surface area contributed by atoms with Gasteiger partial charge in [-0.1, -0.05) is 93.8 Å². The fourth-order valence-corrected chi connectivity index (χ4v) is 6.56. The molecule has 4 aromatic carbocycles. The first-order chi connectivity index (χ1) is 20.1. The van der Waals surface area contributed by atoms with Gasteiger partial charge in [0.2, 0.25) is 11.8 Å². The predicted molar refractivity (Wildman–Crippen MR) is 170 cm³/mol. The minimum absolute atomic E-state index is 0.0429. The number of nitrogens with one attached hydrogen (secondary N) is 1. The molecule has 0 saturated heterocycles. The Kier molecular flexibility index (Phi) is 10.4. The molecule has 2 amide bonds.